The van der Waals surface area contributed by atoms with E-state index in [2.05, 4.69) is 10.6 Å². The van der Waals surface area contributed by atoms with Crippen molar-refractivity contribution in [1.29, 1.82) is 0 Å². The highest BCUT2D eigenvalue weighted by Crippen LogP contribution is 2.23. The molecule has 0 saturated carbocycles. The number of carbonyl (C=O) groups excluding carboxylic acids is 2. The van der Waals surface area contributed by atoms with Crippen LogP contribution in [-0.2, 0) is 16.1 Å². The molecule has 0 aliphatic carbocycles. The van der Waals surface area contributed by atoms with Gasteiger partial charge in [-0.05, 0) is 31.0 Å². The Labute approximate surface area is 153 Å². The van der Waals surface area contributed by atoms with Crippen molar-refractivity contribution in [3.8, 4) is 5.75 Å². The molecule has 0 aliphatic rings. The SMILES string of the molecule is CCOc1ccccc1NC(=O)CCCNC(=O)OCc1ccccc1. The smallest absolute Gasteiger partial charge is 0.407 e. The number of nitrogens with one attached hydrogen (secondary N) is 2. The number of alkyl carbamates (subject to hydrolysis) is 1. The largest absolute Gasteiger partial charge is 0.492 e. The van der Waals surface area contributed by atoms with Crippen LogP contribution in [0.3, 0.4) is 0 Å². The lowest BCUT2D eigenvalue weighted by Crippen LogP contribution is -2.26. The maximum atomic E-state index is 12.0. The van der Waals surface area contributed by atoms with Crippen molar-refractivity contribution in [2.75, 3.05) is 18.5 Å². The fourth-order valence-electron chi connectivity index (χ4n) is 2.28. The first kappa shape index (κ1) is 19.3. The van der Waals surface area contributed by atoms with Crippen molar-refractivity contribution in [2.24, 2.45) is 0 Å². The van der Waals surface area contributed by atoms with Crippen molar-refractivity contribution < 1.29 is 19.1 Å². The van der Waals surface area contributed by atoms with Gasteiger partial charge in [-0.15, -0.1) is 0 Å². The number of anilines is 1. The van der Waals surface area contributed by atoms with Gasteiger partial charge in [0.25, 0.3) is 0 Å². The van der Waals surface area contributed by atoms with Crippen LogP contribution in [0.1, 0.15) is 25.3 Å². The van der Waals surface area contributed by atoms with Crippen LogP contribution in [0.2, 0.25) is 0 Å². The molecule has 0 atom stereocenters. The molecule has 0 aliphatic heterocycles. The topological polar surface area (TPSA) is 76.7 Å². The highest BCUT2D eigenvalue weighted by Gasteiger charge is 2.08. The summed E-state index contributed by atoms with van der Waals surface area (Å²) in [5, 5.41) is 5.46. The molecule has 6 heteroatoms. The second-order valence-corrected chi connectivity index (χ2v) is 5.57. The van der Waals surface area contributed by atoms with Crippen molar-refractivity contribution in [1.82, 2.24) is 5.32 Å². The van der Waals surface area contributed by atoms with Gasteiger partial charge in [0, 0.05) is 13.0 Å². The first-order chi connectivity index (χ1) is 12.7. The first-order valence-corrected chi connectivity index (χ1v) is 8.65. The molecule has 0 spiro atoms. The van der Waals surface area contributed by atoms with Gasteiger partial charge in [-0.3, -0.25) is 4.79 Å². The van der Waals surface area contributed by atoms with E-state index in [4.69, 9.17) is 9.47 Å². The number of hydrogen-bond acceptors (Lipinski definition) is 4. The number of para-hydroxylation sites is 2. The molecule has 0 heterocycles. The van der Waals surface area contributed by atoms with E-state index in [1.54, 1.807) is 6.07 Å². The molecule has 0 saturated heterocycles. The predicted molar refractivity (Wildman–Crippen MR) is 100 cm³/mol. The van der Waals surface area contributed by atoms with E-state index in [1.807, 2.05) is 55.5 Å². The highest BCUT2D eigenvalue weighted by atomic mass is 16.5. The zero-order valence-electron chi connectivity index (χ0n) is 14.9. The number of amides is 2. The van der Waals surface area contributed by atoms with Gasteiger partial charge in [-0.1, -0.05) is 42.5 Å². The minimum absolute atomic E-state index is 0.128. The van der Waals surface area contributed by atoms with Gasteiger partial charge in [-0.25, -0.2) is 4.79 Å². The van der Waals surface area contributed by atoms with Gasteiger partial charge in [-0.2, -0.15) is 0 Å². The minimum atomic E-state index is -0.490. The van der Waals surface area contributed by atoms with Crippen LogP contribution in [0.15, 0.2) is 54.6 Å². The normalized spacial score (nSPS) is 10.0. The molecule has 6 nitrogen and oxygen atoms in total. The van der Waals surface area contributed by atoms with Crippen LogP contribution >= 0.6 is 0 Å². The van der Waals surface area contributed by atoms with Crippen molar-refractivity contribution in [3.05, 3.63) is 60.2 Å². The third-order valence-electron chi connectivity index (χ3n) is 3.52. The molecular formula is C20H24N2O4. The molecule has 2 N–H and O–H groups in total. The molecular weight excluding hydrogens is 332 g/mol. The lowest BCUT2D eigenvalue weighted by molar-refractivity contribution is -0.116. The quantitative estimate of drug-likeness (QED) is 0.671. The van der Waals surface area contributed by atoms with Gasteiger partial charge in [0.15, 0.2) is 0 Å². The Balaban J connectivity index is 1.63. The molecule has 2 aromatic carbocycles. The third-order valence-corrected chi connectivity index (χ3v) is 3.52. The first-order valence-electron chi connectivity index (χ1n) is 8.65. The Kier molecular flexibility index (Phi) is 7.99. The zero-order chi connectivity index (χ0) is 18.6. The summed E-state index contributed by atoms with van der Waals surface area (Å²) >= 11 is 0. The fourth-order valence-corrected chi connectivity index (χ4v) is 2.28. The molecule has 2 rings (SSSR count). The molecule has 0 unspecified atom stereocenters. The van der Waals surface area contributed by atoms with Crippen LogP contribution in [-0.4, -0.2) is 25.2 Å². The van der Waals surface area contributed by atoms with Crippen LogP contribution in [0.5, 0.6) is 5.75 Å². The van der Waals surface area contributed by atoms with E-state index in [1.165, 1.54) is 0 Å². The monoisotopic (exact) mass is 356 g/mol. The van der Waals surface area contributed by atoms with Crippen LogP contribution in [0.25, 0.3) is 0 Å². The Morgan fingerprint density at radius 2 is 1.73 bits per heavy atom. The van der Waals surface area contributed by atoms with E-state index in [9.17, 15) is 9.59 Å². The average Bonchev–Trinajstić information content (AvgIpc) is 2.66. The molecule has 138 valence electrons. The number of ether oxygens (including phenoxy) is 2. The van der Waals surface area contributed by atoms with Crippen LogP contribution < -0.4 is 15.4 Å². The maximum absolute atomic E-state index is 12.0. The molecule has 0 fully saturated rings. The van der Waals surface area contributed by atoms with E-state index >= 15 is 0 Å². The lowest BCUT2D eigenvalue weighted by atomic mass is 10.2. The van der Waals surface area contributed by atoms with Crippen molar-refractivity contribution in [3.63, 3.8) is 0 Å². The van der Waals surface area contributed by atoms with Crippen LogP contribution in [0.4, 0.5) is 10.5 Å². The van der Waals surface area contributed by atoms with E-state index in [0.29, 0.717) is 37.4 Å². The van der Waals surface area contributed by atoms with E-state index in [0.717, 1.165) is 5.56 Å². The third kappa shape index (κ3) is 6.84. The summed E-state index contributed by atoms with van der Waals surface area (Å²) in [6.45, 7) is 3.01. The summed E-state index contributed by atoms with van der Waals surface area (Å²) in [6, 6.07) is 16.7. The zero-order valence-corrected chi connectivity index (χ0v) is 14.9. The molecule has 0 bridgehead atoms. The molecule has 2 amide bonds. The van der Waals surface area contributed by atoms with Crippen LogP contribution in [0, 0.1) is 0 Å². The molecule has 2 aromatic rings. The van der Waals surface area contributed by atoms with Gasteiger partial charge >= 0.3 is 6.09 Å². The predicted octanol–water partition coefficient (Wildman–Crippen LogP) is 3.73. The Bertz CT molecular complexity index is 704. The fraction of sp³-hybridized carbons (Fsp3) is 0.300. The molecule has 0 aromatic heterocycles. The number of benzene rings is 2. The van der Waals surface area contributed by atoms with Gasteiger partial charge < -0.3 is 20.1 Å². The van der Waals surface area contributed by atoms with E-state index in [-0.39, 0.29) is 12.5 Å². The lowest BCUT2D eigenvalue weighted by Gasteiger charge is -2.11. The molecule has 26 heavy (non-hydrogen) atoms. The second-order valence-electron chi connectivity index (χ2n) is 5.57. The summed E-state index contributed by atoms with van der Waals surface area (Å²) in [7, 11) is 0. The van der Waals surface area contributed by atoms with Crippen molar-refractivity contribution in [2.45, 2.75) is 26.4 Å². The van der Waals surface area contributed by atoms with Gasteiger partial charge in [0.05, 0.1) is 12.3 Å². The van der Waals surface area contributed by atoms with Gasteiger partial charge in [0.2, 0.25) is 5.91 Å². The summed E-state index contributed by atoms with van der Waals surface area (Å²) in [4.78, 5) is 23.6. The molecule has 0 radical (unpaired) electrons. The number of hydrogen-bond donors (Lipinski definition) is 2. The number of carbonyl (C=O) groups is 2. The summed E-state index contributed by atoms with van der Waals surface area (Å²) in [5.74, 6) is 0.516. The average molecular weight is 356 g/mol. The number of rotatable bonds is 9. The highest BCUT2D eigenvalue weighted by molar-refractivity contribution is 5.92. The summed E-state index contributed by atoms with van der Waals surface area (Å²) < 4.78 is 10.6. The minimum Gasteiger partial charge on any atom is -0.492 e. The second kappa shape index (κ2) is 10.8. The summed E-state index contributed by atoms with van der Waals surface area (Å²) in [6.07, 6.45) is 0.318. The Morgan fingerprint density at radius 1 is 1.00 bits per heavy atom. The Hall–Kier alpha value is -3.02. The summed E-state index contributed by atoms with van der Waals surface area (Å²) in [5.41, 5.74) is 1.57. The maximum Gasteiger partial charge on any atom is 0.407 e. The van der Waals surface area contributed by atoms with E-state index < -0.39 is 6.09 Å². The standard InChI is InChI=1S/C20H24N2O4/c1-2-25-18-12-7-6-11-17(18)22-19(23)13-8-14-21-20(24)26-15-16-9-4-3-5-10-16/h3-7,9-12H,2,8,13-15H2,1H3,(H,21,24)(H,22,23). The van der Waals surface area contributed by atoms with Crippen molar-refractivity contribution >= 4 is 17.7 Å². The Morgan fingerprint density at radius 3 is 2.50 bits per heavy atom. The van der Waals surface area contributed by atoms with Gasteiger partial charge in [0.1, 0.15) is 12.4 Å².